The Morgan fingerprint density at radius 1 is 1.21 bits per heavy atom. The SMILES string of the molecule is CCOc1ccccc1NC(=O)CSc1n[nH]c(N/N=C\c2ccccc2)n1. The smallest absolute Gasteiger partial charge is 0.240 e. The molecule has 0 saturated carbocycles. The zero-order valence-electron chi connectivity index (χ0n) is 15.3. The maximum atomic E-state index is 12.2. The minimum atomic E-state index is -0.168. The molecule has 0 radical (unpaired) electrons. The Hall–Kier alpha value is -3.33. The van der Waals surface area contributed by atoms with Crippen molar-refractivity contribution < 1.29 is 9.53 Å². The third kappa shape index (κ3) is 5.85. The standard InChI is InChI=1S/C19H20N6O2S/c1-2-27-16-11-7-6-10-15(16)21-17(26)13-28-19-22-18(24-25-19)23-20-12-14-8-4-3-5-9-14/h3-12H,2,13H2,1H3,(H,21,26)(H2,22,23,24,25)/b20-12-. The Kier molecular flexibility index (Phi) is 7.02. The summed E-state index contributed by atoms with van der Waals surface area (Å²) in [6.07, 6.45) is 1.68. The lowest BCUT2D eigenvalue weighted by Crippen LogP contribution is -2.15. The van der Waals surface area contributed by atoms with Gasteiger partial charge >= 0.3 is 0 Å². The number of hydrogen-bond donors (Lipinski definition) is 3. The van der Waals surface area contributed by atoms with Crippen LogP contribution >= 0.6 is 11.8 Å². The van der Waals surface area contributed by atoms with Crippen LogP contribution in [0.5, 0.6) is 5.75 Å². The second-order valence-electron chi connectivity index (χ2n) is 5.51. The van der Waals surface area contributed by atoms with Crippen LogP contribution in [0.2, 0.25) is 0 Å². The molecule has 28 heavy (non-hydrogen) atoms. The first-order valence-electron chi connectivity index (χ1n) is 8.65. The molecule has 3 aromatic rings. The number of nitrogens with zero attached hydrogens (tertiary/aromatic N) is 3. The normalized spacial score (nSPS) is 10.8. The van der Waals surface area contributed by atoms with Crippen molar-refractivity contribution in [3.05, 3.63) is 60.2 Å². The summed E-state index contributed by atoms with van der Waals surface area (Å²) in [4.78, 5) is 16.4. The number of ether oxygens (including phenoxy) is 1. The number of thioether (sulfide) groups is 1. The number of hydrogen-bond acceptors (Lipinski definition) is 7. The second-order valence-corrected chi connectivity index (χ2v) is 6.46. The van der Waals surface area contributed by atoms with E-state index in [-0.39, 0.29) is 11.7 Å². The predicted molar refractivity (Wildman–Crippen MR) is 111 cm³/mol. The summed E-state index contributed by atoms with van der Waals surface area (Å²) in [7, 11) is 0. The Balaban J connectivity index is 1.47. The van der Waals surface area contributed by atoms with Crippen LogP contribution in [0.4, 0.5) is 11.6 Å². The van der Waals surface area contributed by atoms with Crippen molar-refractivity contribution in [2.45, 2.75) is 12.1 Å². The minimum Gasteiger partial charge on any atom is -0.492 e. The van der Waals surface area contributed by atoms with Gasteiger partial charge in [0.05, 0.1) is 24.3 Å². The van der Waals surface area contributed by atoms with Gasteiger partial charge in [0, 0.05) is 0 Å². The summed E-state index contributed by atoms with van der Waals surface area (Å²) in [5, 5.41) is 14.2. The molecule has 0 saturated heterocycles. The average Bonchev–Trinajstić information content (AvgIpc) is 3.17. The van der Waals surface area contributed by atoms with Gasteiger partial charge in [0.1, 0.15) is 5.75 Å². The quantitative estimate of drug-likeness (QED) is 0.291. The zero-order chi connectivity index (χ0) is 19.6. The van der Waals surface area contributed by atoms with E-state index in [1.807, 2.05) is 55.5 Å². The molecule has 1 aromatic heterocycles. The van der Waals surface area contributed by atoms with Gasteiger partial charge in [-0.25, -0.2) is 10.5 Å². The van der Waals surface area contributed by atoms with Crippen LogP contribution in [-0.4, -0.2) is 39.7 Å². The summed E-state index contributed by atoms with van der Waals surface area (Å²) in [6, 6.07) is 17.0. The Morgan fingerprint density at radius 3 is 2.82 bits per heavy atom. The van der Waals surface area contributed by atoms with Crippen LogP contribution in [0.15, 0.2) is 64.9 Å². The Morgan fingerprint density at radius 2 is 2.00 bits per heavy atom. The van der Waals surface area contributed by atoms with Crippen molar-refractivity contribution in [2.24, 2.45) is 5.10 Å². The lowest BCUT2D eigenvalue weighted by atomic mass is 10.2. The molecule has 9 heteroatoms. The molecule has 0 bridgehead atoms. The molecule has 0 atom stereocenters. The number of aromatic amines is 1. The van der Waals surface area contributed by atoms with Crippen molar-refractivity contribution in [1.29, 1.82) is 0 Å². The van der Waals surface area contributed by atoms with E-state index in [9.17, 15) is 4.79 Å². The van der Waals surface area contributed by atoms with Gasteiger partial charge in [-0.2, -0.15) is 10.1 Å². The molecule has 0 aliphatic heterocycles. The van der Waals surface area contributed by atoms with Crippen molar-refractivity contribution in [3.63, 3.8) is 0 Å². The highest BCUT2D eigenvalue weighted by Crippen LogP contribution is 2.24. The molecular weight excluding hydrogens is 376 g/mol. The maximum Gasteiger partial charge on any atom is 0.240 e. The largest absolute Gasteiger partial charge is 0.492 e. The molecule has 3 N–H and O–H groups in total. The third-order valence-electron chi connectivity index (χ3n) is 3.44. The monoisotopic (exact) mass is 396 g/mol. The van der Waals surface area contributed by atoms with Gasteiger partial charge in [0.25, 0.3) is 0 Å². The number of para-hydroxylation sites is 2. The number of hydrazone groups is 1. The fraction of sp³-hybridized carbons (Fsp3) is 0.158. The van der Waals surface area contributed by atoms with Crippen LogP contribution in [0.3, 0.4) is 0 Å². The van der Waals surface area contributed by atoms with E-state index in [2.05, 4.69) is 31.0 Å². The van der Waals surface area contributed by atoms with Crippen LogP contribution in [0.25, 0.3) is 0 Å². The Bertz CT molecular complexity index is 929. The first kappa shape index (κ1) is 19.4. The molecule has 144 valence electrons. The molecule has 1 heterocycles. The fourth-order valence-electron chi connectivity index (χ4n) is 2.24. The zero-order valence-corrected chi connectivity index (χ0v) is 16.1. The van der Waals surface area contributed by atoms with E-state index in [0.717, 1.165) is 5.56 Å². The van der Waals surface area contributed by atoms with E-state index in [4.69, 9.17) is 4.74 Å². The first-order chi connectivity index (χ1) is 13.7. The molecule has 0 spiro atoms. The number of rotatable bonds is 9. The number of benzene rings is 2. The van der Waals surface area contributed by atoms with Crippen LogP contribution in [0.1, 0.15) is 12.5 Å². The lowest BCUT2D eigenvalue weighted by Gasteiger charge is -2.10. The number of carbonyl (C=O) groups is 1. The molecule has 1 amide bonds. The second kappa shape index (κ2) is 10.1. The van der Waals surface area contributed by atoms with E-state index < -0.39 is 0 Å². The molecule has 0 unspecified atom stereocenters. The fourth-order valence-corrected chi connectivity index (χ4v) is 2.83. The van der Waals surface area contributed by atoms with Gasteiger partial charge in [-0.3, -0.25) is 4.79 Å². The average molecular weight is 396 g/mol. The molecule has 8 nitrogen and oxygen atoms in total. The summed E-state index contributed by atoms with van der Waals surface area (Å²) < 4.78 is 5.50. The van der Waals surface area contributed by atoms with Gasteiger partial charge in [0.2, 0.25) is 17.0 Å². The van der Waals surface area contributed by atoms with Gasteiger partial charge < -0.3 is 10.1 Å². The van der Waals surface area contributed by atoms with Crippen molar-refractivity contribution in [1.82, 2.24) is 15.2 Å². The van der Waals surface area contributed by atoms with E-state index >= 15 is 0 Å². The predicted octanol–water partition coefficient (Wildman–Crippen LogP) is 3.38. The summed E-state index contributed by atoms with van der Waals surface area (Å²) in [5.41, 5.74) is 4.38. The van der Waals surface area contributed by atoms with Crippen molar-refractivity contribution >= 4 is 35.5 Å². The summed E-state index contributed by atoms with van der Waals surface area (Å²) in [6.45, 7) is 2.43. The highest BCUT2D eigenvalue weighted by molar-refractivity contribution is 7.99. The number of H-pyrrole nitrogens is 1. The molecule has 3 rings (SSSR count). The number of amides is 1. The van der Waals surface area contributed by atoms with Crippen LogP contribution < -0.4 is 15.5 Å². The van der Waals surface area contributed by atoms with Crippen molar-refractivity contribution in [2.75, 3.05) is 23.1 Å². The number of nitrogens with one attached hydrogen (secondary N) is 3. The van der Waals surface area contributed by atoms with Crippen LogP contribution in [0, 0.1) is 0 Å². The first-order valence-corrected chi connectivity index (χ1v) is 9.64. The van der Waals surface area contributed by atoms with Gasteiger partial charge in [0.15, 0.2) is 0 Å². The molecule has 0 aliphatic rings. The van der Waals surface area contributed by atoms with Gasteiger partial charge in [-0.15, -0.1) is 5.10 Å². The molecule has 0 aliphatic carbocycles. The van der Waals surface area contributed by atoms with E-state index in [1.165, 1.54) is 11.8 Å². The summed E-state index contributed by atoms with van der Waals surface area (Å²) in [5.74, 6) is 1.05. The molecular formula is C19H20N6O2S. The van der Waals surface area contributed by atoms with Crippen molar-refractivity contribution in [3.8, 4) is 5.75 Å². The third-order valence-corrected chi connectivity index (χ3v) is 4.29. The minimum absolute atomic E-state index is 0.168. The topological polar surface area (TPSA) is 104 Å². The van der Waals surface area contributed by atoms with Gasteiger partial charge in [-0.1, -0.05) is 54.2 Å². The van der Waals surface area contributed by atoms with E-state index in [0.29, 0.717) is 29.1 Å². The highest BCUT2D eigenvalue weighted by atomic mass is 32.2. The molecule has 0 fully saturated rings. The number of aromatic nitrogens is 3. The maximum absolute atomic E-state index is 12.2. The Labute approximate surface area is 166 Å². The number of anilines is 2. The number of carbonyl (C=O) groups excluding carboxylic acids is 1. The van der Waals surface area contributed by atoms with Crippen LogP contribution in [-0.2, 0) is 4.79 Å². The summed E-state index contributed by atoms with van der Waals surface area (Å²) >= 11 is 1.22. The van der Waals surface area contributed by atoms with Gasteiger partial charge in [-0.05, 0) is 24.6 Å². The lowest BCUT2D eigenvalue weighted by molar-refractivity contribution is -0.113. The highest BCUT2D eigenvalue weighted by Gasteiger charge is 2.10. The molecule has 2 aromatic carbocycles. The van der Waals surface area contributed by atoms with E-state index in [1.54, 1.807) is 12.3 Å².